The molecular weight excluding hydrogens is 511 g/mol. The maximum absolute atomic E-state index is 13.4. The molecule has 1 saturated heterocycles. The summed E-state index contributed by atoms with van der Waals surface area (Å²) in [5.41, 5.74) is -0.968. The topological polar surface area (TPSA) is 76.1 Å². The van der Waals surface area contributed by atoms with Crippen LogP contribution in [-0.2, 0) is 15.8 Å². The number of hydrogen-bond acceptors (Lipinski definition) is 5. The van der Waals surface area contributed by atoms with E-state index >= 15 is 0 Å². The van der Waals surface area contributed by atoms with Crippen LogP contribution in [-0.4, -0.2) is 30.5 Å². The second kappa shape index (κ2) is 10.2. The van der Waals surface area contributed by atoms with Crippen molar-refractivity contribution >= 4 is 34.7 Å². The highest BCUT2D eigenvalue weighted by atomic mass is 35.5. The molecule has 1 amide bonds. The number of aliphatic hydroxyl groups is 1. The molecule has 4 rings (SSSR count). The molecule has 1 aliphatic rings. The molecule has 6 nitrogen and oxygen atoms in total. The van der Waals surface area contributed by atoms with Gasteiger partial charge in [0.25, 0.3) is 11.7 Å². The Bertz CT molecular complexity index is 1400. The van der Waals surface area contributed by atoms with Crippen molar-refractivity contribution in [3.05, 3.63) is 94.0 Å². The van der Waals surface area contributed by atoms with Crippen LogP contribution < -0.4 is 14.4 Å². The van der Waals surface area contributed by atoms with Gasteiger partial charge in [-0.3, -0.25) is 14.5 Å². The zero-order valence-corrected chi connectivity index (χ0v) is 20.4. The standard InChI is InChI=1S/C27H21ClF3NO5/c1-3-37-21-13-16(10-11-20(21)28)24(33)22-23(15-6-4-9-19(12-15)36-2)32(26(35)25(22)34)18-8-5-7-17(14-18)27(29,30)31/h4-14,23,33H,3H2,1-2H3/b24-22+. The van der Waals surface area contributed by atoms with Crippen LogP contribution in [0.25, 0.3) is 5.76 Å². The number of rotatable bonds is 6. The van der Waals surface area contributed by atoms with Gasteiger partial charge in [-0.2, -0.15) is 13.2 Å². The molecule has 1 fully saturated rings. The Hall–Kier alpha value is -3.98. The third-order valence-electron chi connectivity index (χ3n) is 5.81. The number of hydrogen-bond donors (Lipinski definition) is 1. The summed E-state index contributed by atoms with van der Waals surface area (Å²) in [6, 6.07) is 13.5. The van der Waals surface area contributed by atoms with Gasteiger partial charge in [-0.25, -0.2) is 0 Å². The number of halogens is 4. The second-order valence-corrected chi connectivity index (χ2v) is 8.48. The number of nitrogens with zero attached hydrogens (tertiary/aromatic N) is 1. The Kier molecular flexibility index (Phi) is 7.18. The van der Waals surface area contributed by atoms with Crippen molar-refractivity contribution in [1.82, 2.24) is 0 Å². The van der Waals surface area contributed by atoms with Crippen LogP contribution in [0.4, 0.5) is 18.9 Å². The molecule has 3 aromatic rings. The normalized spacial score (nSPS) is 17.2. The summed E-state index contributed by atoms with van der Waals surface area (Å²) in [4.78, 5) is 27.5. The quantitative estimate of drug-likeness (QED) is 0.226. The molecule has 0 spiro atoms. The van der Waals surface area contributed by atoms with E-state index in [1.165, 1.54) is 37.4 Å². The first kappa shape index (κ1) is 26.1. The lowest BCUT2D eigenvalue weighted by Gasteiger charge is -2.26. The van der Waals surface area contributed by atoms with Gasteiger partial charge in [0.05, 0.1) is 35.9 Å². The Morgan fingerprint density at radius 3 is 2.46 bits per heavy atom. The number of ether oxygens (including phenoxy) is 2. The summed E-state index contributed by atoms with van der Waals surface area (Å²) >= 11 is 6.15. The predicted octanol–water partition coefficient (Wildman–Crippen LogP) is 6.39. The summed E-state index contributed by atoms with van der Waals surface area (Å²) in [5.74, 6) is -2.04. The zero-order chi connectivity index (χ0) is 26.9. The molecule has 1 N–H and O–H groups in total. The van der Waals surface area contributed by atoms with Gasteiger partial charge in [0.15, 0.2) is 0 Å². The molecule has 0 radical (unpaired) electrons. The number of carbonyl (C=O) groups excluding carboxylic acids is 2. The van der Waals surface area contributed by atoms with Crippen LogP contribution in [0, 0.1) is 0 Å². The van der Waals surface area contributed by atoms with Gasteiger partial charge in [0.1, 0.15) is 17.3 Å². The van der Waals surface area contributed by atoms with Crippen LogP contribution in [0.2, 0.25) is 5.02 Å². The van der Waals surface area contributed by atoms with Gasteiger partial charge in [0.2, 0.25) is 0 Å². The van der Waals surface area contributed by atoms with E-state index in [0.717, 1.165) is 23.1 Å². The first-order valence-corrected chi connectivity index (χ1v) is 11.5. The Labute approximate surface area is 215 Å². The average molecular weight is 532 g/mol. The Morgan fingerprint density at radius 1 is 1.05 bits per heavy atom. The maximum Gasteiger partial charge on any atom is 0.416 e. The largest absolute Gasteiger partial charge is 0.507 e. The van der Waals surface area contributed by atoms with Gasteiger partial charge in [-0.05, 0) is 61.0 Å². The van der Waals surface area contributed by atoms with Crippen LogP contribution in [0.5, 0.6) is 11.5 Å². The summed E-state index contributed by atoms with van der Waals surface area (Å²) in [5, 5.41) is 11.5. The number of ketones is 1. The number of anilines is 1. The number of alkyl halides is 3. The number of Topliss-reactive ketones (excluding diaryl/α,β-unsaturated/α-hetero) is 1. The van der Waals surface area contributed by atoms with E-state index in [0.29, 0.717) is 11.3 Å². The van der Waals surface area contributed by atoms with E-state index in [4.69, 9.17) is 21.1 Å². The van der Waals surface area contributed by atoms with Crippen molar-refractivity contribution in [3.8, 4) is 11.5 Å². The smallest absolute Gasteiger partial charge is 0.416 e. The van der Waals surface area contributed by atoms with E-state index in [-0.39, 0.29) is 34.2 Å². The van der Waals surface area contributed by atoms with E-state index in [1.54, 1.807) is 25.1 Å². The second-order valence-electron chi connectivity index (χ2n) is 8.07. The van der Waals surface area contributed by atoms with Crippen LogP contribution in [0.15, 0.2) is 72.3 Å². The van der Waals surface area contributed by atoms with E-state index in [2.05, 4.69) is 0 Å². The minimum absolute atomic E-state index is 0.141. The fourth-order valence-corrected chi connectivity index (χ4v) is 4.30. The third-order valence-corrected chi connectivity index (χ3v) is 6.12. The molecule has 10 heteroatoms. The Morgan fingerprint density at radius 2 is 1.78 bits per heavy atom. The van der Waals surface area contributed by atoms with E-state index in [1.807, 2.05) is 0 Å². The summed E-state index contributed by atoms with van der Waals surface area (Å²) in [7, 11) is 1.42. The van der Waals surface area contributed by atoms with Gasteiger partial charge >= 0.3 is 6.18 Å². The minimum Gasteiger partial charge on any atom is -0.507 e. The SMILES string of the molecule is CCOc1cc(/C(O)=C2\C(=O)C(=O)N(c3cccc(C(F)(F)F)c3)C2c2cccc(OC)c2)ccc1Cl. The Balaban J connectivity index is 1.96. The van der Waals surface area contributed by atoms with Crippen molar-refractivity contribution in [1.29, 1.82) is 0 Å². The molecule has 0 aromatic heterocycles. The molecule has 1 heterocycles. The third kappa shape index (κ3) is 4.99. The van der Waals surface area contributed by atoms with Crippen LogP contribution >= 0.6 is 11.6 Å². The molecular formula is C27H21ClF3NO5. The first-order valence-electron chi connectivity index (χ1n) is 11.1. The van der Waals surface area contributed by atoms with E-state index in [9.17, 15) is 27.9 Å². The number of benzene rings is 3. The number of methoxy groups -OCH3 is 1. The van der Waals surface area contributed by atoms with Crippen molar-refractivity contribution in [2.24, 2.45) is 0 Å². The lowest BCUT2D eigenvalue weighted by molar-refractivity contribution is -0.137. The fraction of sp³-hybridized carbons (Fsp3) is 0.185. The number of aliphatic hydroxyl groups excluding tert-OH is 1. The lowest BCUT2D eigenvalue weighted by atomic mass is 9.94. The van der Waals surface area contributed by atoms with Gasteiger partial charge < -0.3 is 14.6 Å². The molecule has 0 aliphatic carbocycles. The maximum atomic E-state index is 13.4. The highest BCUT2D eigenvalue weighted by molar-refractivity contribution is 6.51. The molecule has 1 unspecified atom stereocenters. The van der Waals surface area contributed by atoms with Crippen molar-refractivity contribution in [2.75, 3.05) is 18.6 Å². The summed E-state index contributed by atoms with van der Waals surface area (Å²) in [6.07, 6.45) is -4.67. The first-order chi connectivity index (χ1) is 17.6. The molecule has 37 heavy (non-hydrogen) atoms. The summed E-state index contributed by atoms with van der Waals surface area (Å²) in [6.45, 7) is 2.03. The monoisotopic (exact) mass is 531 g/mol. The van der Waals surface area contributed by atoms with Crippen molar-refractivity contribution < 1.29 is 37.3 Å². The van der Waals surface area contributed by atoms with Crippen molar-refractivity contribution in [2.45, 2.75) is 19.1 Å². The van der Waals surface area contributed by atoms with Crippen LogP contribution in [0.1, 0.15) is 29.7 Å². The van der Waals surface area contributed by atoms with Crippen molar-refractivity contribution in [3.63, 3.8) is 0 Å². The minimum atomic E-state index is -4.67. The molecule has 1 aliphatic heterocycles. The van der Waals surface area contributed by atoms with Gasteiger partial charge in [-0.1, -0.05) is 29.8 Å². The van der Waals surface area contributed by atoms with Crippen LogP contribution in [0.3, 0.4) is 0 Å². The molecule has 0 saturated carbocycles. The molecule has 192 valence electrons. The highest BCUT2D eigenvalue weighted by Gasteiger charge is 2.47. The van der Waals surface area contributed by atoms with Gasteiger partial charge in [-0.15, -0.1) is 0 Å². The fourth-order valence-electron chi connectivity index (χ4n) is 4.13. The molecule has 0 bridgehead atoms. The number of amides is 1. The molecule has 3 aromatic carbocycles. The molecule has 1 atom stereocenters. The summed E-state index contributed by atoms with van der Waals surface area (Å²) < 4.78 is 51.1. The van der Waals surface area contributed by atoms with E-state index < -0.39 is 35.2 Å². The van der Waals surface area contributed by atoms with Gasteiger partial charge in [0, 0.05) is 11.3 Å². The predicted molar refractivity (Wildman–Crippen MR) is 132 cm³/mol. The average Bonchev–Trinajstić information content (AvgIpc) is 3.15. The highest BCUT2D eigenvalue weighted by Crippen LogP contribution is 2.44. The lowest BCUT2D eigenvalue weighted by Crippen LogP contribution is -2.29. The zero-order valence-electron chi connectivity index (χ0n) is 19.7. The number of carbonyl (C=O) groups is 2.